The molecule has 0 aliphatic carbocycles. The van der Waals surface area contributed by atoms with Crippen molar-refractivity contribution in [2.45, 2.75) is 19.1 Å². The van der Waals surface area contributed by atoms with E-state index in [0.717, 1.165) is 0 Å². The second-order valence-electron chi connectivity index (χ2n) is 2.41. The first-order chi connectivity index (χ1) is 4.70. The van der Waals surface area contributed by atoms with Gasteiger partial charge in [0.25, 0.3) is 0 Å². The van der Waals surface area contributed by atoms with E-state index in [1.165, 1.54) is 6.92 Å². The zero-order valence-corrected chi connectivity index (χ0v) is 5.83. The number of ether oxygens (including phenoxy) is 1. The maximum atomic E-state index is 10.5. The minimum atomic E-state index is -0.538. The number of nitrogens with one attached hydrogen (secondary N) is 1. The van der Waals surface area contributed by atoms with Crippen molar-refractivity contribution in [3.8, 4) is 0 Å². The van der Waals surface area contributed by atoms with E-state index in [-0.39, 0.29) is 13.4 Å². The lowest BCUT2D eigenvalue weighted by molar-refractivity contribution is -0.120. The summed E-state index contributed by atoms with van der Waals surface area (Å²) < 4.78 is 4.91. The van der Waals surface area contributed by atoms with Gasteiger partial charge >= 0.3 is 0 Å². The van der Waals surface area contributed by atoms with Crippen molar-refractivity contribution in [1.82, 2.24) is 5.32 Å². The predicted octanol–water partition coefficient (Wildman–Crippen LogP) is -0.872. The number of rotatable bonds is 1. The summed E-state index contributed by atoms with van der Waals surface area (Å²) in [4.78, 5) is 10.5. The molecule has 0 aromatic heterocycles. The summed E-state index contributed by atoms with van der Waals surface area (Å²) in [5.41, 5.74) is 0. The summed E-state index contributed by atoms with van der Waals surface area (Å²) in [7, 11) is 0. The lowest BCUT2D eigenvalue weighted by Crippen LogP contribution is -2.41. The van der Waals surface area contributed by atoms with E-state index >= 15 is 0 Å². The molecule has 4 heteroatoms. The first-order valence-corrected chi connectivity index (χ1v) is 3.23. The fourth-order valence-electron chi connectivity index (χ4n) is 0.942. The first-order valence-electron chi connectivity index (χ1n) is 3.23. The number of hydrogen-bond acceptors (Lipinski definition) is 3. The Bertz CT molecular complexity index is 142. The molecule has 1 fully saturated rings. The fraction of sp³-hybridized carbons (Fsp3) is 0.833. The van der Waals surface area contributed by atoms with Crippen molar-refractivity contribution in [2.24, 2.45) is 0 Å². The van der Waals surface area contributed by atoms with Crippen LogP contribution in [-0.4, -0.2) is 36.4 Å². The molecule has 0 aromatic rings. The zero-order chi connectivity index (χ0) is 7.56. The van der Waals surface area contributed by atoms with Gasteiger partial charge in [-0.05, 0) is 0 Å². The third-order valence-electron chi connectivity index (χ3n) is 1.44. The molecule has 1 amide bonds. The molecular weight excluding hydrogens is 134 g/mol. The van der Waals surface area contributed by atoms with Crippen LogP contribution in [0, 0.1) is 0 Å². The molecule has 0 unspecified atom stereocenters. The highest BCUT2D eigenvalue weighted by Crippen LogP contribution is 2.03. The standard InChI is InChI=1S/C6H11NO3.H2/c1-4(8)7-5-2-10-3-6(5)9;/h5-6,9H,2-3H2,1H3,(H,7,8);1H/t5-,6-;/m0./s1. The van der Waals surface area contributed by atoms with Gasteiger partial charge in [-0.2, -0.15) is 0 Å². The molecule has 0 saturated carbocycles. The Kier molecular flexibility index (Phi) is 2.24. The van der Waals surface area contributed by atoms with Crippen LogP contribution in [0.25, 0.3) is 0 Å². The van der Waals surface area contributed by atoms with Gasteiger partial charge in [0.1, 0.15) is 0 Å². The van der Waals surface area contributed by atoms with Gasteiger partial charge in [-0.1, -0.05) is 0 Å². The van der Waals surface area contributed by atoms with Gasteiger partial charge in [-0.25, -0.2) is 0 Å². The Hall–Kier alpha value is -0.610. The largest absolute Gasteiger partial charge is 0.388 e. The van der Waals surface area contributed by atoms with E-state index in [2.05, 4.69) is 5.32 Å². The minimum absolute atomic E-state index is 0. The Labute approximate surface area is 60.7 Å². The van der Waals surface area contributed by atoms with Crippen LogP contribution < -0.4 is 5.32 Å². The molecule has 0 radical (unpaired) electrons. The monoisotopic (exact) mass is 147 g/mol. The molecule has 1 heterocycles. The Balaban J connectivity index is 0.000001000. The van der Waals surface area contributed by atoms with Crippen LogP contribution in [0.1, 0.15) is 8.35 Å². The molecule has 60 valence electrons. The average Bonchev–Trinajstić information content (AvgIpc) is 2.15. The molecule has 0 bridgehead atoms. The fourth-order valence-corrected chi connectivity index (χ4v) is 0.942. The van der Waals surface area contributed by atoms with Crippen LogP contribution in [0.5, 0.6) is 0 Å². The molecule has 10 heavy (non-hydrogen) atoms. The summed E-state index contributed by atoms with van der Waals surface area (Å²) in [6, 6.07) is -0.211. The number of aliphatic hydroxyl groups excluding tert-OH is 1. The van der Waals surface area contributed by atoms with E-state index in [0.29, 0.717) is 13.2 Å². The van der Waals surface area contributed by atoms with E-state index < -0.39 is 6.10 Å². The van der Waals surface area contributed by atoms with Gasteiger partial charge in [-0.3, -0.25) is 4.79 Å². The van der Waals surface area contributed by atoms with Gasteiger partial charge in [0.2, 0.25) is 5.91 Å². The van der Waals surface area contributed by atoms with Crippen LogP contribution in [0.15, 0.2) is 0 Å². The quantitative estimate of drug-likeness (QED) is 0.507. The predicted molar refractivity (Wildman–Crippen MR) is 36.5 cm³/mol. The normalized spacial score (nSPS) is 32.2. The van der Waals surface area contributed by atoms with Crippen molar-refractivity contribution >= 4 is 5.91 Å². The number of carbonyl (C=O) groups is 1. The molecule has 1 aliphatic heterocycles. The van der Waals surface area contributed by atoms with Crippen molar-refractivity contribution in [2.75, 3.05) is 13.2 Å². The minimum Gasteiger partial charge on any atom is -0.388 e. The molecule has 2 N–H and O–H groups in total. The van der Waals surface area contributed by atoms with Gasteiger partial charge in [-0.15, -0.1) is 0 Å². The molecule has 0 aromatic carbocycles. The van der Waals surface area contributed by atoms with Crippen molar-refractivity contribution in [3.05, 3.63) is 0 Å². The number of carbonyl (C=O) groups excluding carboxylic acids is 1. The Morgan fingerprint density at radius 2 is 2.50 bits per heavy atom. The molecule has 4 nitrogen and oxygen atoms in total. The molecule has 1 aliphatic rings. The van der Waals surface area contributed by atoms with Crippen molar-refractivity contribution in [1.29, 1.82) is 0 Å². The van der Waals surface area contributed by atoms with Crippen molar-refractivity contribution in [3.63, 3.8) is 0 Å². The lowest BCUT2D eigenvalue weighted by atomic mass is 10.2. The smallest absolute Gasteiger partial charge is 0.217 e. The number of hydrogen-bond donors (Lipinski definition) is 2. The van der Waals surface area contributed by atoms with Crippen LogP contribution >= 0.6 is 0 Å². The van der Waals surface area contributed by atoms with Gasteiger partial charge in [0.05, 0.1) is 25.4 Å². The second-order valence-corrected chi connectivity index (χ2v) is 2.41. The van der Waals surface area contributed by atoms with E-state index in [4.69, 9.17) is 9.84 Å². The second kappa shape index (κ2) is 2.98. The maximum absolute atomic E-state index is 10.5. The molecular formula is C6H13NO3. The summed E-state index contributed by atoms with van der Waals surface area (Å²) in [5, 5.41) is 11.7. The lowest BCUT2D eigenvalue weighted by Gasteiger charge is -2.11. The van der Waals surface area contributed by atoms with Crippen molar-refractivity contribution < 1.29 is 16.1 Å². The third-order valence-corrected chi connectivity index (χ3v) is 1.44. The summed E-state index contributed by atoms with van der Waals surface area (Å²) in [6.45, 7) is 2.16. The van der Waals surface area contributed by atoms with E-state index in [1.54, 1.807) is 0 Å². The molecule has 0 spiro atoms. The SMILES string of the molecule is CC(=O)N[C@H]1COC[C@@H]1O.[HH]. The van der Waals surface area contributed by atoms with E-state index in [1.807, 2.05) is 0 Å². The molecule has 1 rings (SSSR count). The van der Waals surface area contributed by atoms with E-state index in [9.17, 15) is 4.79 Å². The number of amides is 1. The summed E-state index contributed by atoms with van der Waals surface area (Å²) >= 11 is 0. The summed E-state index contributed by atoms with van der Waals surface area (Å²) in [6.07, 6.45) is -0.538. The molecule has 1 saturated heterocycles. The van der Waals surface area contributed by atoms with Crippen LogP contribution in [0.2, 0.25) is 0 Å². The highest BCUT2D eigenvalue weighted by atomic mass is 16.5. The Morgan fingerprint density at radius 3 is 2.90 bits per heavy atom. The first kappa shape index (κ1) is 7.50. The maximum Gasteiger partial charge on any atom is 0.217 e. The number of aliphatic hydroxyl groups is 1. The molecule has 2 atom stereocenters. The van der Waals surface area contributed by atoms with Crippen LogP contribution in [-0.2, 0) is 9.53 Å². The van der Waals surface area contributed by atoms with Crippen LogP contribution in [0.4, 0.5) is 0 Å². The van der Waals surface area contributed by atoms with Gasteiger partial charge < -0.3 is 15.2 Å². The zero-order valence-electron chi connectivity index (χ0n) is 5.83. The Morgan fingerprint density at radius 1 is 1.80 bits per heavy atom. The van der Waals surface area contributed by atoms with Gasteiger partial charge in [0.15, 0.2) is 0 Å². The highest BCUT2D eigenvalue weighted by molar-refractivity contribution is 5.73. The third kappa shape index (κ3) is 1.68. The van der Waals surface area contributed by atoms with Crippen LogP contribution in [0.3, 0.4) is 0 Å². The topological polar surface area (TPSA) is 58.6 Å². The average molecular weight is 147 g/mol. The summed E-state index contributed by atoms with van der Waals surface area (Å²) in [5.74, 6) is -0.130. The highest BCUT2D eigenvalue weighted by Gasteiger charge is 2.26. The van der Waals surface area contributed by atoms with Gasteiger partial charge in [0, 0.05) is 8.35 Å².